The molecule has 5 heteroatoms. The largest absolute Gasteiger partial charge is 0.462 e. The molecule has 0 aliphatic carbocycles. The third-order valence-electron chi connectivity index (χ3n) is 8.98. The van der Waals surface area contributed by atoms with Gasteiger partial charge in [0.2, 0.25) is 0 Å². The first-order valence-electron chi connectivity index (χ1n) is 21.5. The molecule has 0 aromatic carbocycles. The molecule has 5 nitrogen and oxygen atoms in total. The van der Waals surface area contributed by atoms with E-state index in [-0.39, 0.29) is 31.6 Å². The highest BCUT2D eigenvalue weighted by Crippen LogP contribution is 2.14. The number of esters is 2. The van der Waals surface area contributed by atoms with E-state index in [0.717, 1.165) is 57.8 Å². The van der Waals surface area contributed by atoms with Crippen LogP contribution in [0.4, 0.5) is 0 Å². The van der Waals surface area contributed by atoms with Crippen LogP contribution in [0.25, 0.3) is 0 Å². The summed E-state index contributed by atoms with van der Waals surface area (Å²) in [5.41, 5.74) is 0. The molecule has 52 heavy (non-hydrogen) atoms. The molecule has 1 N–H and O–H groups in total. The summed E-state index contributed by atoms with van der Waals surface area (Å²) in [5.74, 6) is -0.662. The Morgan fingerprint density at radius 3 is 1.33 bits per heavy atom. The van der Waals surface area contributed by atoms with Crippen molar-refractivity contribution >= 4 is 11.9 Å². The predicted octanol–water partition coefficient (Wildman–Crippen LogP) is 13.7. The SMILES string of the molecule is CCC=CCC=CCC=CCC=CCC=CCCCC(=O)OC(CO)COC(=O)CCCCCCCCCCCCCC=CCCCCCCCC. The Morgan fingerprint density at radius 1 is 0.462 bits per heavy atom. The number of hydrogen-bond acceptors (Lipinski definition) is 5. The highest BCUT2D eigenvalue weighted by Gasteiger charge is 2.16. The van der Waals surface area contributed by atoms with E-state index >= 15 is 0 Å². The Morgan fingerprint density at radius 2 is 0.846 bits per heavy atom. The number of carbonyl (C=O) groups excluding carboxylic acids is 2. The number of aliphatic hydroxyl groups excluding tert-OH is 1. The van der Waals surface area contributed by atoms with Crippen molar-refractivity contribution in [1.82, 2.24) is 0 Å². The minimum absolute atomic E-state index is 0.0915. The molecule has 0 aromatic rings. The summed E-state index contributed by atoms with van der Waals surface area (Å²) < 4.78 is 10.6. The maximum atomic E-state index is 12.2. The second-order valence-corrected chi connectivity index (χ2v) is 14.0. The molecule has 0 fully saturated rings. The monoisotopic (exact) mass is 725 g/mol. The molecule has 0 saturated carbocycles. The lowest BCUT2D eigenvalue weighted by Crippen LogP contribution is -2.28. The van der Waals surface area contributed by atoms with Crippen molar-refractivity contribution in [3.63, 3.8) is 0 Å². The summed E-state index contributed by atoms with van der Waals surface area (Å²) >= 11 is 0. The van der Waals surface area contributed by atoms with Crippen LogP contribution in [0, 0.1) is 0 Å². The molecule has 1 unspecified atom stereocenters. The predicted molar refractivity (Wildman–Crippen MR) is 223 cm³/mol. The summed E-state index contributed by atoms with van der Waals surface area (Å²) in [5, 5.41) is 9.57. The molecule has 0 aromatic heterocycles. The van der Waals surface area contributed by atoms with Crippen LogP contribution in [0.1, 0.15) is 194 Å². The number of hydrogen-bond donors (Lipinski definition) is 1. The Hall–Kier alpha value is -2.66. The molecule has 0 bridgehead atoms. The number of aliphatic hydroxyl groups is 1. The molecular weight excluding hydrogens is 645 g/mol. The molecule has 0 amide bonds. The van der Waals surface area contributed by atoms with E-state index in [4.69, 9.17) is 9.47 Å². The van der Waals surface area contributed by atoms with Crippen LogP contribution in [0.3, 0.4) is 0 Å². The number of ether oxygens (including phenoxy) is 2. The van der Waals surface area contributed by atoms with Gasteiger partial charge in [0.15, 0.2) is 6.10 Å². The summed E-state index contributed by atoms with van der Waals surface area (Å²) in [7, 11) is 0. The second kappa shape index (κ2) is 42.8. The fraction of sp³-hybridized carbons (Fsp3) is 0.702. The lowest BCUT2D eigenvalue weighted by atomic mass is 10.0. The van der Waals surface area contributed by atoms with Crippen LogP contribution in [-0.2, 0) is 19.1 Å². The first-order chi connectivity index (χ1) is 25.6. The van der Waals surface area contributed by atoms with Crippen molar-refractivity contribution in [2.75, 3.05) is 13.2 Å². The summed E-state index contributed by atoms with van der Waals surface area (Å²) in [6, 6.07) is 0. The van der Waals surface area contributed by atoms with Crippen LogP contribution in [0.15, 0.2) is 72.9 Å². The Balaban J connectivity index is 3.61. The lowest BCUT2D eigenvalue weighted by Gasteiger charge is -2.15. The zero-order valence-electron chi connectivity index (χ0n) is 33.8. The molecule has 0 spiro atoms. The van der Waals surface area contributed by atoms with E-state index in [1.807, 2.05) is 0 Å². The van der Waals surface area contributed by atoms with Crippen LogP contribution in [-0.4, -0.2) is 36.4 Å². The average molecular weight is 725 g/mol. The first kappa shape index (κ1) is 49.3. The fourth-order valence-electron chi connectivity index (χ4n) is 5.76. The Labute approximate surface area is 321 Å². The molecule has 298 valence electrons. The smallest absolute Gasteiger partial charge is 0.306 e. The van der Waals surface area contributed by atoms with Gasteiger partial charge in [0.25, 0.3) is 0 Å². The van der Waals surface area contributed by atoms with E-state index in [0.29, 0.717) is 12.8 Å². The van der Waals surface area contributed by atoms with Crippen molar-refractivity contribution < 1.29 is 24.2 Å². The molecule has 0 rings (SSSR count). The highest BCUT2D eigenvalue weighted by atomic mass is 16.6. The van der Waals surface area contributed by atoms with Crippen LogP contribution < -0.4 is 0 Å². The minimum atomic E-state index is -0.804. The van der Waals surface area contributed by atoms with Crippen molar-refractivity contribution in [2.45, 2.75) is 200 Å². The summed E-state index contributed by atoms with van der Waals surface area (Å²) in [6.45, 7) is 3.97. The van der Waals surface area contributed by atoms with E-state index in [9.17, 15) is 14.7 Å². The zero-order chi connectivity index (χ0) is 37.8. The van der Waals surface area contributed by atoms with Gasteiger partial charge in [-0.15, -0.1) is 0 Å². The fourth-order valence-corrected chi connectivity index (χ4v) is 5.76. The maximum Gasteiger partial charge on any atom is 0.306 e. The van der Waals surface area contributed by atoms with Gasteiger partial charge >= 0.3 is 11.9 Å². The van der Waals surface area contributed by atoms with Crippen molar-refractivity contribution in [2.24, 2.45) is 0 Å². The van der Waals surface area contributed by atoms with Crippen molar-refractivity contribution in [3.8, 4) is 0 Å². The molecule has 1 atom stereocenters. The van der Waals surface area contributed by atoms with Gasteiger partial charge in [-0.25, -0.2) is 0 Å². The van der Waals surface area contributed by atoms with E-state index in [1.54, 1.807) is 0 Å². The number of allylic oxidation sites excluding steroid dienone is 12. The molecule has 0 heterocycles. The molecular formula is C47H80O5. The molecule has 0 radical (unpaired) electrons. The van der Waals surface area contributed by atoms with Gasteiger partial charge in [-0.05, 0) is 77.0 Å². The van der Waals surface area contributed by atoms with Crippen LogP contribution in [0.2, 0.25) is 0 Å². The zero-order valence-corrected chi connectivity index (χ0v) is 33.8. The lowest BCUT2D eigenvalue weighted by molar-refractivity contribution is -0.161. The summed E-state index contributed by atoms with van der Waals surface area (Å²) in [4.78, 5) is 24.3. The topological polar surface area (TPSA) is 72.8 Å². The van der Waals surface area contributed by atoms with E-state index in [1.165, 1.54) is 103 Å². The standard InChI is InChI=1S/C47H80O5/c1-3-5-7-9-11-13-15-17-19-21-22-23-24-26-27-29-31-33-35-37-39-41-46(49)51-44-45(43-48)52-47(50)42-40-38-36-34-32-30-28-25-20-18-16-14-12-10-8-6-4-2/h6,8,12,14,17-20,28,30,34,36,45,48H,3-5,7,9-11,13,15-16,21-27,29,31-33,35,37-44H2,1-2H3. The van der Waals surface area contributed by atoms with Crippen LogP contribution >= 0.6 is 0 Å². The number of rotatable bonds is 38. The molecule has 0 aliphatic heterocycles. The quantitative estimate of drug-likeness (QED) is 0.0390. The molecule has 0 saturated heterocycles. The number of unbranched alkanes of at least 4 members (excludes halogenated alkanes) is 18. The third kappa shape index (κ3) is 40.1. The van der Waals surface area contributed by atoms with E-state index < -0.39 is 6.10 Å². The van der Waals surface area contributed by atoms with E-state index in [2.05, 4.69) is 86.8 Å². The van der Waals surface area contributed by atoms with Gasteiger partial charge in [0.05, 0.1) is 6.61 Å². The summed E-state index contributed by atoms with van der Waals surface area (Å²) in [6.07, 6.45) is 56.9. The third-order valence-corrected chi connectivity index (χ3v) is 8.98. The Bertz CT molecular complexity index is 957. The van der Waals surface area contributed by atoms with Crippen molar-refractivity contribution in [3.05, 3.63) is 72.9 Å². The average Bonchev–Trinajstić information content (AvgIpc) is 3.15. The second-order valence-electron chi connectivity index (χ2n) is 14.0. The van der Waals surface area contributed by atoms with Gasteiger partial charge in [-0.1, -0.05) is 177 Å². The van der Waals surface area contributed by atoms with Gasteiger partial charge < -0.3 is 14.6 Å². The number of carbonyl (C=O) groups is 2. The van der Waals surface area contributed by atoms with Gasteiger partial charge in [0.1, 0.15) is 6.61 Å². The maximum absolute atomic E-state index is 12.2. The van der Waals surface area contributed by atoms with Crippen molar-refractivity contribution in [1.29, 1.82) is 0 Å². The van der Waals surface area contributed by atoms with Gasteiger partial charge in [0, 0.05) is 12.8 Å². The van der Waals surface area contributed by atoms with Gasteiger partial charge in [-0.3, -0.25) is 9.59 Å². The van der Waals surface area contributed by atoms with Crippen LogP contribution in [0.5, 0.6) is 0 Å². The Kier molecular flexibility index (Phi) is 40.6. The molecule has 0 aliphatic rings. The first-order valence-corrected chi connectivity index (χ1v) is 21.5. The normalized spacial score (nSPS) is 12.9. The van der Waals surface area contributed by atoms with Gasteiger partial charge in [-0.2, -0.15) is 0 Å². The highest BCUT2D eigenvalue weighted by molar-refractivity contribution is 5.70. The minimum Gasteiger partial charge on any atom is -0.462 e.